The highest BCUT2D eigenvalue weighted by Gasteiger charge is 2.33. The molecule has 6 rings (SSSR count). The molecule has 70 heavy (non-hydrogen) atoms. The van der Waals surface area contributed by atoms with Crippen molar-refractivity contribution < 1.29 is 58.8 Å². The van der Waals surface area contributed by atoms with Crippen LogP contribution in [0.3, 0.4) is 0 Å². The Morgan fingerprint density at radius 3 is 1.67 bits per heavy atom. The van der Waals surface area contributed by atoms with Gasteiger partial charge in [-0.1, -0.05) is 79.5 Å². The number of hydroxylamine groups is 2. The molecule has 0 aliphatic heterocycles. The summed E-state index contributed by atoms with van der Waals surface area (Å²) in [6.07, 6.45) is -1.90. The largest absolute Gasteiger partial charge is 0.436 e. The number of ether oxygens (including phenoxy) is 1. The lowest BCUT2D eigenvalue weighted by atomic mass is 10.0. The zero-order valence-corrected chi connectivity index (χ0v) is 41.7. The van der Waals surface area contributed by atoms with Crippen molar-refractivity contribution in [3.05, 3.63) is 169 Å². The molecular formula is C46H42Cl2F3N5O10S4. The first-order chi connectivity index (χ1) is 33.1. The fourth-order valence-corrected chi connectivity index (χ4v) is 11.8. The Morgan fingerprint density at radius 2 is 1.16 bits per heavy atom. The minimum absolute atomic E-state index is 0.0186. The quantitative estimate of drug-likeness (QED) is 0.0340. The SMILES string of the molecule is CC(CNS(=O)(=O)c1ccc(CN(Cc2cccc(C(F)(F)F)c2)OC(=O)C(=O)OC(=O)C(=O)N(Cc2ccncc2)Cc2ccc(S(=O)(=O)NCC(C)c3ccc(Cl)cc3)s2)s1)c1ccc(Cl)cc1. The molecule has 0 radical (unpaired) electrons. The van der Waals surface area contributed by atoms with Crippen molar-refractivity contribution in [2.45, 2.75) is 66.5 Å². The number of amides is 1. The van der Waals surface area contributed by atoms with Crippen molar-refractivity contribution in [2.24, 2.45) is 0 Å². The number of carbonyl (C=O) groups excluding carboxylic acids is 4. The average Bonchev–Trinajstić information content (AvgIpc) is 4.01. The van der Waals surface area contributed by atoms with Gasteiger partial charge < -0.3 is 14.5 Å². The van der Waals surface area contributed by atoms with Crippen molar-refractivity contribution in [1.82, 2.24) is 24.4 Å². The molecule has 24 heteroatoms. The first-order valence-electron chi connectivity index (χ1n) is 20.8. The molecule has 3 aromatic heterocycles. The van der Waals surface area contributed by atoms with Gasteiger partial charge >= 0.3 is 30.0 Å². The van der Waals surface area contributed by atoms with Crippen molar-refractivity contribution in [3.63, 3.8) is 0 Å². The molecular weight excluding hydrogens is 1040 g/mol. The number of aromatic nitrogens is 1. The second-order valence-corrected chi connectivity index (χ2v) is 22.8. The lowest BCUT2D eigenvalue weighted by Gasteiger charge is -2.22. The molecule has 2 unspecified atom stereocenters. The van der Waals surface area contributed by atoms with Crippen LogP contribution in [-0.4, -0.2) is 68.7 Å². The lowest BCUT2D eigenvalue weighted by molar-refractivity contribution is -0.205. The third-order valence-corrected chi connectivity index (χ3v) is 16.8. The van der Waals surface area contributed by atoms with Crippen LogP contribution in [0.25, 0.3) is 0 Å². The Kier molecular flexibility index (Phi) is 18.1. The number of rotatable bonds is 19. The number of benzene rings is 3. The van der Waals surface area contributed by atoms with Gasteiger partial charge in [-0.2, -0.15) is 13.2 Å². The second kappa shape index (κ2) is 23.6. The van der Waals surface area contributed by atoms with Crippen molar-refractivity contribution in [1.29, 1.82) is 0 Å². The number of alkyl halides is 3. The van der Waals surface area contributed by atoms with Gasteiger partial charge in [-0.25, -0.2) is 40.7 Å². The van der Waals surface area contributed by atoms with Crippen LogP contribution in [0.15, 0.2) is 130 Å². The normalized spacial score (nSPS) is 12.9. The van der Waals surface area contributed by atoms with E-state index in [1.54, 1.807) is 55.5 Å². The highest BCUT2D eigenvalue weighted by molar-refractivity contribution is 7.92. The number of thiophene rings is 2. The van der Waals surface area contributed by atoms with E-state index in [9.17, 15) is 49.2 Å². The molecule has 0 spiro atoms. The lowest BCUT2D eigenvalue weighted by Crippen LogP contribution is -2.39. The van der Waals surface area contributed by atoms with Crippen LogP contribution in [0.4, 0.5) is 13.2 Å². The summed E-state index contributed by atoms with van der Waals surface area (Å²) in [6, 6.07) is 26.3. The Balaban J connectivity index is 1.13. The van der Waals surface area contributed by atoms with Crippen molar-refractivity contribution in [3.8, 4) is 0 Å². The fraction of sp³-hybridized carbons (Fsp3) is 0.239. The molecule has 0 aliphatic rings. The van der Waals surface area contributed by atoms with Gasteiger partial charge in [0.1, 0.15) is 8.42 Å². The first-order valence-corrected chi connectivity index (χ1v) is 26.2. The second-order valence-electron chi connectivity index (χ2n) is 15.6. The summed E-state index contributed by atoms with van der Waals surface area (Å²) in [6.45, 7) is 2.07. The number of halogens is 5. The summed E-state index contributed by atoms with van der Waals surface area (Å²) < 4.78 is 103. The number of hydrogen-bond acceptors (Lipinski definition) is 14. The van der Waals surface area contributed by atoms with Crippen LogP contribution < -0.4 is 9.44 Å². The maximum atomic E-state index is 13.7. The predicted octanol–water partition coefficient (Wildman–Crippen LogP) is 8.45. The van der Waals surface area contributed by atoms with E-state index in [1.165, 1.54) is 54.9 Å². The number of nitrogens with one attached hydrogen (secondary N) is 2. The molecule has 370 valence electrons. The molecule has 0 saturated heterocycles. The smallest absolute Gasteiger partial charge is 0.377 e. The molecule has 3 heterocycles. The zero-order chi connectivity index (χ0) is 50.8. The van der Waals surface area contributed by atoms with Crippen molar-refractivity contribution in [2.75, 3.05) is 13.1 Å². The third kappa shape index (κ3) is 15.2. The number of carbonyl (C=O) groups is 4. The Labute approximate surface area is 419 Å². The highest BCUT2D eigenvalue weighted by atomic mass is 35.5. The van der Waals surface area contributed by atoms with Gasteiger partial charge in [-0.05, 0) is 101 Å². The summed E-state index contributed by atoms with van der Waals surface area (Å²) in [5, 5.41) is 1.80. The van der Waals surface area contributed by atoms with Crippen LogP contribution in [0.1, 0.15) is 63.3 Å². The summed E-state index contributed by atoms with van der Waals surface area (Å²) >= 11 is 13.5. The van der Waals surface area contributed by atoms with Gasteiger partial charge in [0.2, 0.25) is 20.0 Å². The molecule has 2 atom stereocenters. The van der Waals surface area contributed by atoms with Crippen molar-refractivity contribution >= 4 is 89.7 Å². The molecule has 3 aromatic carbocycles. The van der Waals surface area contributed by atoms with E-state index >= 15 is 0 Å². The third-order valence-electron chi connectivity index (χ3n) is 10.3. The molecule has 0 fully saturated rings. The molecule has 2 N–H and O–H groups in total. The predicted molar refractivity (Wildman–Crippen MR) is 255 cm³/mol. The monoisotopic (exact) mass is 1080 g/mol. The number of hydrogen-bond donors (Lipinski definition) is 2. The molecule has 6 aromatic rings. The van der Waals surface area contributed by atoms with Gasteiger partial charge in [0.15, 0.2) is 0 Å². The molecule has 0 aliphatic carbocycles. The van der Waals surface area contributed by atoms with E-state index in [0.29, 0.717) is 20.5 Å². The summed E-state index contributed by atoms with van der Waals surface area (Å²) in [4.78, 5) is 63.9. The first kappa shape index (κ1) is 53.8. The Bertz CT molecular complexity index is 3030. The molecule has 1 amide bonds. The van der Waals surface area contributed by atoms with Crippen LogP contribution in [0.5, 0.6) is 0 Å². The maximum absolute atomic E-state index is 13.7. The Morgan fingerprint density at radius 1 is 0.643 bits per heavy atom. The van der Waals surface area contributed by atoms with Crippen LogP contribution in [0.2, 0.25) is 10.0 Å². The highest BCUT2D eigenvalue weighted by Crippen LogP contribution is 2.31. The van der Waals surface area contributed by atoms with Gasteiger partial charge in [-0.15, -0.1) is 27.7 Å². The topological polar surface area (TPSA) is 198 Å². The molecule has 0 bridgehead atoms. The summed E-state index contributed by atoms with van der Waals surface area (Å²) in [5.41, 5.74) is 1.08. The number of esters is 2. The zero-order valence-electron chi connectivity index (χ0n) is 36.9. The van der Waals surface area contributed by atoms with E-state index in [-0.39, 0.29) is 56.9 Å². The summed E-state index contributed by atoms with van der Waals surface area (Å²) in [7, 11) is -8.12. The fourth-order valence-electron chi connectivity index (χ4n) is 6.50. The standard InChI is InChI=1S/C46H42Cl2F3N5O10S4/c1-29(33-6-10-36(47)11-7-33)23-53-69(61,62)40-16-14-38(67-40)27-55(25-31-18-20-52-21-19-31)42(57)43(58)65-44(59)45(60)66-56(26-32-4-3-5-35(22-32)46(49,50)51)28-39-15-17-41(68-39)70(63,64)54-24-30(2)34-8-12-37(48)13-9-34/h3-22,29-30,53-54H,23-28H2,1-2H3. The maximum Gasteiger partial charge on any atom is 0.436 e. The minimum atomic E-state index is -4.74. The van der Waals surface area contributed by atoms with Gasteiger partial charge in [0.05, 0.1) is 25.2 Å². The van der Waals surface area contributed by atoms with E-state index in [2.05, 4.69) is 19.2 Å². The van der Waals surface area contributed by atoms with E-state index in [4.69, 9.17) is 28.0 Å². The van der Waals surface area contributed by atoms with Gasteiger partial charge in [0, 0.05) is 51.8 Å². The van der Waals surface area contributed by atoms with E-state index in [0.717, 1.165) is 62.0 Å². The van der Waals surface area contributed by atoms with Gasteiger partial charge in [0.25, 0.3) is 0 Å². The molecule has 0 saturated carbocycles. The summed E-state index contributed by atoms with van der Waals surface area (Å²) in [5.74, 6) is -7.49. The number of sulfonamides is 2. The van der Waals surface area contributed by atoms with Crippen LogP contribution in [0, 0.1) is 0 Å². The number of nitrogens with zero attached hydrogens (tertiary/aromatic N) is 3. The molecule has 15 nitrogen and oxygen atoms in total. The van der Waals surface area contributed by atoms with Gasteiger partial charge in [-0.3, -0.25) is 9.78 Å². The van der Waals surface area contributed by atoms with Crippen LogP contribution in [-0.2, 0) is 81.2 Å². The Hall–Kier alpha value is -5.56. The number of pyridine rings is 1. The van der Waals surface area contributed by atoms with Crippen LogP contribution >= 0.6 is 45.9 Å². The average molecular weight is 1080 g/mol. The van der Waals surface area contributed by atoms with E-state index < -0.39 is 68.7 Å². The van der Waals surface area contributed by atoms with E-state index in [1.807, 2.05) is 6.92 Å². The minimum Gasteiger partial charge on any atom is -0.377 e.